The van der Waals surface area contributed by atoms with Crippen LogP contribution in [0.5, 0.6) is 0 Å². The lowest BCUT2D eigenvalue weighted by Crippen LogP contribution is -2.50. The van der Waals surface area contributed by atoms with E-state index in [9.17, 15) is 0 Å². The molecule has 0 amide bonds. The molecule has 4 rings (SSSR count). The van der Waals surface area contributed by atoms with Crippen molar-refractivity contribution in [2.75, 3.05) is 0 Å². The van der Waals surface area contributed by atoms with Gasteiger partial charge in [-0.05, 0) is 115 Å². The number of fused-ring (bicyclic) bond motifs is 5. The van der Waals surface area contributed by atoms with E-state index < -0.39 is 0 Å². The van der Waals surface area contributed by atoms with Crippen molar-refractivity contribution in [3.05, 3.63) is 11.6 Å². The molecule has 9 atom stereocenters. The van der Waals surface area contributed by atoms with E-state index in [0.29, 0.717) is 10.8 Å². The van der Waals surface area contributed by atoms with Crippen molar-refractivity contribution in [1.29, 1.82) is 0 Å². The van der Waals surface area contributed by atoms with E-state index in [1.54, 1.807) is 0 Å². The first-order chi connectivity index (χ1) is 14.6. The van der Waals surface area contributed by atoms with E-state index in [0.717, 1.165) is 53.3 Å². The summed E-state index contributed by atoms with van der Waals surface area (Å²) in [5.41, 5.74) is 3.04. The van der Waals surface area contributed by atoms with E-state index in [1.807, 2.05) is 5.57 Å². The van der Waals surface area contributed by atoms with Crippen LogP contribution >= 0.6 is 0 Å². The van der Waals surface area contributed by atoms with Crippen molar-refractivity contribution in [3.8, 4) is 0 Å². The Morgan fingerprint density at radius 3 is 2.29 bits per heavy atom. The van der Waals surface area contributed by atoms with Crippen LogP contribution in [-0.2, 0) is 0 Å². The molecule has 0 heterocycles. The summed E-state index contributed by atoms with van der Waals surface area (Å²) in [5.74, 6) is 8.37. The zero-order chi connectivity index (χ0) is 22.6. The van der Waals surface area contributed by atoms with Crippen LogP contribution in [0.25, 0.3) is 0 Å². The van der Waals surface area contributed by atoms with E-state index in [4.69, 9.17) is 0 Å². The number of hydrogen-bond donors (Lipinski definition) is 0. The predicted octanol–water partition coefficient (Wildman–Crippen LogP) is 9.55. The van der Waals surface area contributed by atoms with Crippen molar-refractivity contribution >= 4 is 0 Å². The predicted molar refractivity (Wildman–Crippen MR) is 136 cm³/mol. The molecule has 0 heteroatoms. The first-order valence-electron chi connectivity index (χ1n) is 14.3. The maximum atomic E-state index is 2.78. The van der Waals surface area contributed by atoms with Gasteiger partial charge in [0, 0.05) is 0 Å². The topological polar surface area (TPSA) is 0 Å². The smallest absolute Gasteiger partial charge is 0.00851 e. The molecular weight excluding hydrogens is 372 g/mol. The zero-order valence-corrected chi connectivity index (χ0v) is 22.3. The Morgan fingerprint density at radius 2 is 1.61 bits per heavy atom. The first-order valence-corrected chi connectivity index (χ1v) is 14.3. The Morgan fingerprint density at radius 1 is 0.871 bits per heavy atom. The lowest BCUT2D eigenvalue weighted by Gasteiger charge is -2.59. The van der Waals surface area contributed by atoms with Crippen molar-refractivity contribution in [3.63, 3.8) is 0 Å². The van der Waals surface area contributed by atoms with Gasteiger partial charge in [-0.1, -0.05) is 79.9 Å². The highest BCUT2D eigenvalue weighted by atomic mass is 14.6. The standard InChI is InChI=1S/C31H54/c1-20(2)22(5)9-10-23(6)27-13-14-28-26-12-11-25-19-24(21(3)4)15-17-30(25,7)29(26)16-18-31(27,28)8/h11,20-24,26-29H,9-10,12-19H2,1-8H3. The molecule has 0 saturated heterocycles. The van der Waals surface area contributed by atoms with Gasteiger partial charge in [0.1, 0.15) is 0 Å². The molecule has 0 nitrogen and oxygen atoms in total. The van der Waals surface area contributed by atoms with Crippen LogP contribution in [0.1, 0.15) is 120 Å². The van der Waals surface area contributed by atoms with Crippen LogP contribution in [-0.4, -0.2) is 0 Å². The summed E-state index contributed by atoms with van der Waals surface area (Å²) < 4.78 is 0. The van der Waals surface area contributed by atoms with Crippen LogP contribution in [0, 0.1) is 64.1 Å². The van der Waals surface area contributed by atoms with Gasteiger partial charge < -0.3 is 0 Å². The third-order valence-electron chi connectivity index (χ3n) is 12.1. The number of hydrogen-bond acceptors (Lipinski definition) is 0. The summed E-state index contributed by atoms with van der Waals surface area (Å²) in [4.78, 5) is 0. The van der Waals surface area contributed by atoms with Crippen LogP contribution in [0.4, 0.5) is 0 Å². The molecular formula is C31H54. The maximum Gasteiger partial charge on any atom is -0.00851 e. The van der Waals surface area contributed by atoms with Gasteiger partial charge in [-0.25, -0.2) is 0 Å². The maximum absolute atomic E-state index is 2.78. The third kappa shape index (κ3) is 4.10. The second-order valence-corrected chi connectivity index (χ2v) is 14.0. The van der Waals surface area contributed by atoms with Gasteiger partial charge in [-0.2, -0.15) is 0 Å². The van der Waals surface area contributed by atoms with E-state index in [1.165, 1.54) is 64.2 Å². The highest BCUT2D eigenvalue weighted by molar-refractivity contribution is 5.25. The summed E-state index contributed by atoms with van der Waals surface area (Å²) in [6.07, 6.45) is 17.5. The molecule has 4 aliphatic rings. The van der Waals surface area contributed by atoms with Gasteiger partial charge in [0.15, 0.2) is 0 Å². The molecule has 0 aromatic heterocycles. The Labute approximate surface area is 195 Å². The molecule has 0 spiro atoms. The van der Waals surface area contributed by atoms with Crippen molar-refractivity contribution in [2.45, 2.75) is 120 Å². The van der Waals surface area contributed by atoms with E-state index in [2.05, 4.69) is 61.5 Å². The molecule has 4 aliphatic carbocycles. The average molecular weight is 427 g/mol. The van der Waals surface area contributed by atoms with Crippen LogP contribution in [0.3, 0.4) is 0 Å². The molecule has 178 valence electrons. The molecule has 0 aliphatic heterocycles. The lowest BCUT2D eigenvalue weighted by molar-refractivity contribution is -0.0541. The van der Waals surface area contributed by atoms with Crippen molar-refractivity contribution in [1.82, 2.24) is 0 Å². The van der Waals surface area contributed by atoms with Crippen molar-refractivity contribution < 1.29 is 0 Å². The monoisotopic (exact) mass is 426 g/mol. The van der Waals surface area contributed by atoms with Gasteiger partial charge in [0.2, 0.25) is 0 Å². The number of rotatable bonds is 6. The Kier molecular flexibility index (Phi) is 6.80. The fourth-order valence-corrected chi connectivity index (χ4v) is 9.29. The molecule has 3 fully saturated rings. The van der Waals surface area contributed by atoms with Gasteiger partial charge in [-0.3, -0.25) is 0 Å². The van der Waals surface area contributed by atoms with Crippen molar-refractivity contribution in [2.24, 2.45) is 64.1 Å². The van der Waals surface area contributed by atoms with Gasteiger partial charge in [0.05, 0.1) is 0 Å². The molecule has 0 N–H and O–H groups in total. The lowest BCUT2D eigenvalue weighted by atomic mass is 9.46. The molecule has 9 unspecified atom stereocenters. The Balaban J connectivity index is 1.48. The summed E-state index contributed by atoms with van der Waals surface area (Å²) in [6, 6.07) is 0. The van der Waals surface area contributed by atoms with Crippen LogP contribution < -0.4 is 0 Å². The molecule has 0 radical (unpaired) electrons. The molecule has 0 aromatic rings. The van der Waals surface area contributed by atoms with Gasteiger partial charge >= 0.3 is 0 Å². The summed E-state index contributed by atoms with van der Waals surface area (Å²) in [7, 11) is 0. The fourth-order valence-electron chi connectivity index (χ4n) is 9.29. The second-order valence-electron chi connectivity index (χ2n) is 14.0. The zero-order valence-electron chi connectivity index (χ0n) is 22.3. The minimum atomic E-state index is 0.534. The third-order valence-corrected chi connectivity index (χ3v) is 12.1. The molecule has 0 aromatic carbocycles. The minimum absolute atomic E-state index is 0.534. The normalized spacial score (nSPS) is 44.5. The highest BCUT2D eigenvalue weighted by Crippen LogP contribution is 2.67. The largest absolute Gasteiger partial charge is 0.0845 e. The molecule has 3 saturated carbocycles. The summed E-state index contributed by atoms with van der Waals surface area (Å²) in [5, 5.41) is 0. The second kappa shape index (κ2) is 8.83. The average Bonchev–Trinajstić information content (AvgIpc) is 3.08. The minimum Gasteiger partial charge on any atom is -0.0845 e. The molecule has 0 bridgehead atoms. The quantitative estimate of drug-likeness (QED) is 0.371. The summed E-state index contributed by atoms with van der Waals surface area (Å²) >= 11 is 0. The van der Waals surface area contributed by atoms with Crippen LogP contribution in [0.15, 0.2) is 11.6 Å². The number of allylic oxidation sites excluding steroid dienone is 2. The Hall–Kier alpha value is -0.260. The van der Waals surface area contributed by atoms with Gasteiger partial charge in [0.25, 0.3) is 0 Å². The fraction of sp³-hybridized carbons (Fsp3) is 0.935. The molecule has 31 heavy (non-hydrogen) atoms. The highest BCUT2D eigenvalue weighted by Gasteiger charge is 2.59. The Bertz CT molecular complexity index is 655. The SMILES string of the molecule is CC(C)C(C)CCC(C)C1CCC2C3CC=C4CC(C(C)C)CCC4(C)C3CCC12C. The van der Waals surface area contributed by atoms with E-state index >= 15 is 0 Å². The van der Waals surface area contributed by atoms with Gasteiger partial charge in [-0.15, -0.1) is 0 Å². The van der Waals surface area contributed by atoms with Crippen LogP contribution in [0.2, 0.25) is 0 Å². The first kappa shape index (κ1) is 23.9. The van der Waals surface area contributed by atoms with E-state index in [-0.39, 0.29) is 0 Å². The summed E-state index contributed by atoms with van der Waals surface area (Å²) in [6.45, 7) is 20.2.